The lowest BCUT2D eigenvalue weighted by atomic mass is 9.61. The molecule has 1 unspecified atom stereocenters. The Morgan fingerprint density at radius 1 is 1.29 bits per heavy atom. The molecule has 5 fully saturated rings. The summed E-state index contributed by atoms with van der Waals surface area (Å²) in [7, 11) is 0. The van der Waals surface area contributed by atoms with Crippen LogP contribution in [0.5, 0.6) is 0 Å². The lowest BCUT2D eigenvalue weighted by molar-refractivity contribution is -0.0754. The van der Waals surface area contributed by atoms with Gasteiger partial charge in [-0.05, 0) is 70.4 Å². The maximum Gasteiger partial charge on any atom is 0.136 e. The molecule has 3 N–H and O–H groups in total. The highest BCUT2D eigenvalue weighted by atomic mass is 19.1. The van der Waals surface area contributed by atoms with Crippen LogP contribution in [0, 0.1) is 40.3 Å². The molecule has 7 rings (SSSR count). The number of aromatic nitrogens is 2. The number of rotatable bonds is 6. The number of hydrogen-bond acceptors (Lipinski definition) is 7. The van der Waals surface area contributed by atoms with Gasteiger partial charge in [0.15, 0.2) is 0 Å². The van der Waals surface area contributed by atoms with Crippen LogP contribution < -0.4 is 10.2 Å². The quantitative estimate of drug-likeness (QED) is 0.553. The zero-order valence-electron chi connectivity index (χ0n) is 19.7. The van der Waals surface area contributed by atoms with E-state index in [0.29, 0.717) is 40.9 Å². The smallest absolute Gasteiger partial charge is 0.136 e. The third-order valence-electron chi connectivity index (χ3n) is 9.03. The standard InChI is InChI=1S/C26H29FN6O/c1-15-30-21(8-22(31-15)33-14-25(23(2,3)34)9-17(33)10-25)32-20-7-18(19(27)6-16(20)11-28)26(13-29)12-24(26)4-5-24/h6-8,11,17,28,34H,4-5,9-10,12,14H2,1-3H3,(H,30,31,32). The Hall–Kier alpha value is -3.05. The summed E-state index contributed by atoms with van der Waals surface area (Å²) in [5, 5.41) is 31.6. The van der Waals surface area contributed by atoms with Crippen molar-refractivity contribution in [3.05, 3.63) is 41.0 Å². The Morgan fingerprint density at radius 3 is 2.59 bits per heavy atom. The summed E-state index contributed by atoms with van der Waals surface area (Å²) in [5.41, 5.74) is -0.297. The van der Waals surface area contributed by atoms with Crippen molar-refractivity contribution in [1.82, 2.24) is 9.97 Å². The number of halogens is 1. The molecular weight excluding hydrogens is 431 g/mol. The van der Waals surface area contributed by atoms with Crippen LogP contribution in [0.25, 0.3) is 0 Å². The van der Waals surface area contributed by atoms with E-state index < -0.39 is 16.8 Å². The Bertz CT molecular complexity index is 1270. The molecule has 1 aromatic carbocycles. The maximum atomic E-state index is 15.0. The number of benzene rings is 1. The number of aliphatic hydroxyl groups is 1. The van der Waals surface area contributed by atoms with E-state index in [9.17, 15) is 10.4 Å². The van der Waals surface area contributed by atoms with Gasteiger partial charge in [-0.25, -0.2) is 14.4 Å². The summed E-state index contributed by atoms with van der Waals surface area (Å²) >= 11 is 0. The van der Waals surface area contributed by atoms with Crippen LogP contribution in [0.2, 0.25) is 0 Å². The Labute approximate surface area is 198 Å². The van der Waals surface area contributed by atoms with Crippen LogP contribution in [0.1, 0.15) is 62.9 Å². The van der Waals surface area contributed by atoms with Gasteiger partial charge in [0.05, 0.1) is 17.1 Å². The second-order valence-electron chi connectivity index (χ2n) is 11.4. The lowest BCUT2D eigenvalue weighted by Gasteiger charge is -2.45. The topological polar surface area (TPSA) is 109 Å². The predicted octanol–water partition coefficient (Wildman–Crippen LogP) is 4.35. The number of nitriles is 1. The van der Waals surface area contributed by atoms with E-state index in [1.54, 1.807) is 6.07 Å². The van der Waals surface area contributed by atoms with Gasteiger partial charge in [0, 0.05) is 47.1 Å². The molecule has 3 saturated carbocycles. The fourth-order valence-electron chi connectivity index (χ4n) is 6.47. The molecule has 8 heteroatoms. The van der Waals surface area contributed by atoms with Gasteiger partial charge in [-0.3, -0.25) is 0 Å². The summed E-state index contributed by atoms with van der Waals surface area (Å²) in [6.07, 6.45) is 5.64. The molecule has 2 aliphatic heterocycles. The summed E-state index contributed by atoms with van der Waals surface area (Å²) in [6, 6.07) is 7.66. The van der Waals surface area contributed by atoms with Gasteiger partial charge in [-0.1, -0.05) is 0 Å². The fraction of sp³-hybridized carbons (Fsp3) is 0.538. The number of aryl methyl sites for hydroxylation is 1. The number of anilines is 3. The van der Waals surface area contributed by atoms with E-state index >= 15 is 4.39 Å². The molecule has 0 radical (unpaired) electrons. The van der Waals surface area contributed by atoms with Crippen molar-refractivity contribution in [3.63, 3.8) is 0 Å². The largest absolute Gasteiger partial charge is 0.390 e. The molecular formula is C26H29FN6O. The second kappa shape index (κ2) is 6.54. The zero-order chi connectivity index (χ0) is 24.1. The summed E-state index contributed by atoms with van der Waals surface area (Å²) < 4.78 is 15.0. The predicted molar refractivity (Wildman–Crippen MR) is 127 cm³/mol. The molecule has 7 nitrogen and oxygen atoms in total. The van der Waals surface area contributed by atoms with Crippen LogP contribution >= 0.6 is 0 Å². The summed E-state index contributed by atoms with van der Waals surface area (Å²) in [5.74, 6) is 1.54. The SMILES string of the molecule is Cc1nc(Nc2cc(C3(C#N)CC34CC4)c(F)cc2C=N)cc(N2CC3(C(C)(C)O)CC2C3)n1. The first-order chi connectivity index (χ1) is 16.1. The van der Waals surface area contributed by atoms with Gasteiger partial charge >= 0.3 is 0 Å². The second-order valence-corrected chi connectivity index (χ2v) is 11.4. The van der Waals surface area contributed by atoms with Gasteiger partial charge < -0.3 is 20.7 Å². The average Bonchev–Trinajstić information content (AvgIpc) is 3.56. The minimum absolute atomic E-state index is 0.0578. The first-order valence-corrected chi connectivity index (χ1v) is 11.9. The number of nitrogens with zero attached hydrogens (tertiary/aromatic N) is 4. The van der Waals surface area contributed by atoms with Crippen molar-refractivity contribution in [2.75, 3.05) is 16.8 Å². The van der Waals surface area contributed by atoms with Crippen molar-refractivity contribution in [3.8, 4) is 6.07 Å². The van der Waals surface area contributed by atoms with Crippen LogP contribution in [-0.2, 0) is 5.41 Å². The van der Waals surface area contributed by atoms with E-state index in [0.717, 1.165) is 44.3 Å². The highest BCUT2D eigenvalue weighted by Crippen LogP contribution is 2.78. The number of hydrogen-bond donors (Lipinski definition) is 3. The molecule has 3 aliphatic carbocycles. The Kier molecular flexibility index (Phi) is 4.13. The minimum Gasteiger partial charge on any atom is -0.390 e. The van der Waals surface area contributed by atoms with Gasteiger partial charge in [0.25, 0.3) is 0 Å². The van der Waals surface area contributed by atoms with Crippen molar-refractivity contribution < 1.29 is 9.50 Å². The highest BCUT2D eigenvalue weighted by Gasteiger charge is 2.76. The third kappa shape index (κ3) is 2.80. The van der Waals surface area contributed by atoms with Gasteiger partial charge in [0.2, 0.25) is 0 Å². The third-order valence-corrected chi connectivity index (χ3v) is 9.03. The van der Waals surface area contributed by atoms with Crippen LogP contribution in [0.3, 0.4) is 0 Å². The van der Waals surface area contributed by atoms with Gasteiger partial charge in [0.1, 0.15) is 23.3 Å². The van der Waals surface area contributed by atoms with Crippen LogP contribution in [-0.4, -0.2) is 39.5 Å². The average molecular weight is 461 g/mol. The molecule has 2 aromatic rings. The van der Waals surface area contributed by atoms with E-state index in [1.807, 2.05) is 26.8 Å². The van der Waals surface area contributed by atoms with Crippen LogP contribution in [0.4, 0.5) is 21.7 Å². The molecule has 0 amide bonds. The van der Waals surface area contributed by atoms with Crippen molar-refractivity contribution in [2.24, 2.45) is 10.8 Å². The monoisotopic (exact) mass is 460 g/mol. The molecule has 1 aromatic heterocycles. The number of fused-ring (bicyclic) bond motifs is 1. The summed E-state index contributed by atoms with van der Waals surface area (Å²) in [4.78, 5) is 11.4. The maximum absolute atomic E-state index is 15.0. The van der Waals surface area contributed by atoms with Gasteiger partial charge in [-0.2, -0.15) is 5.26 Å². The Balaban J connectivity index is 1.33. The zero-order valence-corrected chi connectivity index (χ0v) is 19.7. The molecule has 1 spiro atoms. The Morgan fingerprint density at radius 2 is 2.03 bits per heavy atom. The van der Waals surface area contributed by atoms with E-state index in [1.165, 1.54) is 6.07 Å². The minimum atomic E-state index is -0.761. The first kappa shape index (κ1) is 21.5. The van der Waals surface area contributed by atoms with Crippen molar-refractivity contribution >= 4 is 23.5 Å². The molecule has 5 aliphatic rings. The molecule has 2 bridgehead atoms. The van der Waals surface area contributed by atoms with E-state index in [-0.39, 0.29) is 10.8 Å². The van der Waals surface area contributed by atoms with Crippen LogP contribution in [0.15, 0.2) is 18.2 Å². The molecule has 176 valence electrons. The molecule has 3 heterocycles. The molecule has 2 saturated heterocycles. The summed E-state index contributed by atoms with van der Waals surface area (Å²) in [6.45, 7) is 6.35. The lowest BCUT2D eigenvalue weighted by Crippen LogP contribution is -2.50. The van der Waals surface area contributed by atoms with E-state index in [2.05, 4.69) is 26.3 Å². The van der Waals surface area contributed by atoms with Crippen molar-refractivity contribution in [2.45, 2.75) is 69.9 Å². The number of nitrogens with one attached hydrogen (secondary N) is 2. The molecule has 34 heavy (non-hydrogen) atoms. The molecule has 1 atom stereocenters. The normalized spacial score (nSPS) is 30.0. The van der Waals surface area contributed by atoms with Gasteiger partial charge in [-0.15, -0.1) is 0 Å². The first-order valence-electron chi connectivity index (χ1n) is 11.9. The fourth-order valence-corrected chi connectivity index (χ4v) is 6.47. The van der Waals surface area contributed by atoms with E-state index in [4.69, 9.17) is 5.41 Å². The highest BCUT2D eigenvalue weighted by molar-refractivity contribution is 5.88. The van der Waals surface area contributed by atoms with Crippen molar-refractivity contribution in [1.29, 1.82) is 10.7 Å².